The third-order valence-corrected chi connectivity index (χ3v) is 4.58. The number of halogens is 3. The van der Waals surface area contributed by atoms with Gasteiger partial charge in [0.15, 0.2) is 0 Å². The van der Waals surface area contributed by atoms with E-state index < -0.39 is 23.7 Å². The second-order valence-corrected chi connectivity index (χ2v) is 6.60. The molecule has 27 heavy (non-hydrogen) atoms. The molecule has 0 saturated carbocycles. The quantitative estimate of drug-likeness (QED) is 0.885. The summed E-state index contributed by atoms with van der Waals surface area (Å²) in [7, 11) is 1.71. The number of hydrogen-bond acceptors (Lipinski definition) is 3. The number of aryl methyl sites for hydroxylation is 2. The highest BCUT2D eigenvalue weighted by atomic mass is 19.4. The normalized spacial score (nSPS) is 17.4. The first-order chi connectivity index (χ1) is 12.6. The van der Waals surface area contributed by atoms with Crippen LogP contribution in [0.5, 0.6) is 0 Å². The number of nitrogens with zero attached hydrogens (tertiary/aromatic N) is 3. The van der Waals surface area contributed by atoms with Gasteiger partial charge in [-0.15, -0.1) is 0 Å². The van der Waals surface area contributed by atoms with Gasteiger partial charge in [0.2, 0.25) is 5.91 Å². The van der Waals surface area contributed by atoms with Gasteiger partial charge in [-0.1, -0.05) is 18.2 Å². The van der Waals surface area contributed by atoms with E-state index in [2.05, 4.69) is 10.4 Å². The molecule has 2 amide bonds. The van der Waals surface area contributed by atoms with Gasteiger partial charge in [0.05, 0.1) is 11.6 Å². The largest absolute Gasteiger partial charge is 0.416 e. The van der Waals surface area contributed by atoms with Gasteiger partial charge < -0.3 is 10.2 Å². The molecule has 9 heteroatoms. The van der Waals surface area contributed by atoms with Gasteiger partial charge in [-0.05, 0) is 24.6 Å². The number of carbonyl (C=O) groups excluding carboxylic acids is 2. The molecule has 1 aromatic heterocycles. The molecule has 1 fully saturated rings. The van der Waals surface area contributed by atoms with Gasteiger partial charge in [0, 0.05) is 32.3 Å². The zero-order valence-electron chi connectivity index (χ0n) is 14.9. The van der Waals surface area contributed by atoms with Crippen LogP contribution < -0.4 is 5.32 Å². The summed E-state index contributed by atoms with van der Waals surface area (Å²) in [5.41, 5.74) is 0.330. The second kappa shape index (κ2) is 7.05. The maximum absolute atomic E-state index is 13.1. The van der Waals surface area contributed by atoms with Crippen molar-refractivity contribution in [3.63, 3.8) is 0 Å². The lowest BCUT2D eigenvalue weighted by Gasteiger charge is -2.20. The summed E-state index contributed by atoms with van der Waals surface area (Å²) in [5, 5.41) is 6.80. The third-order valence-electron chi connectivity index (χ3n) is 4.58. The van der Waals surface area contributed by atoms with Crippen molar-refractivity contribution in [1.82, 2.24) is 20.0 Å². The van der Waals surface area contributed by atoms with Gasteiger partial charge >= 0.3 is 6.18 Å². The van der Waals surface area contributed by atoms with Crippen molar-refractivity contribution in [2.45, 2.75) is 32.1 Å². The minimum Gasteiger partial charge on any atom is -0.346 e. The number of nitrogens with one attached hydrogen (secondary N) is 1. The molecule has 1 saturated heterocycles. The van der Waals surface area contributed by atoms with Crippen molar-refractivity contribution in [1.29, 1.82) is 0 Å². The number of amides is 2. The molecule has 1 aliphatic heterocycles. The summed E-state index contributed by atoms with van der Waals surface area (Å²) in [6.45, 7) is 1.81. The molecule has 0 radical (unpaired) electrons. The monoisotopic (exact) mass is 380 g/mol. The highest BCUT2D eigenvalue weighted by molar-refractivity contribution is 5.93. The summed E-state index contributed by atoms with van der Waals surface area (Å²) in [5.74, 6) is -0.705. The fourth-order valence-corrected chi connectivity index (χ4v) is 3.09. The summed E-state index contributed by atoms with van der Waals surface area (Å²) >= 11 is 0. The van der Waals surface area contributed by atoms with Crippen LogP contribution in [0, 0.1) is 6.92 Å². The molecule has 0 aliphatic carbocycles. The maximum atomic E-state index is 13.1. The first-order valence-corrected chi connectivity index (χ1v) is 8.39. The highest BCUT2D eigenvalue weighted by Gasteiger charge is 2.36. The Labute approximate surface area is 154 Å². The molecule has 1 N–H and O–H groups in total. The Balaban J connectivity index is 1.67. The van der Waals surface area contributed by atoms with Crippen molar-refractivity contribution < 1.29 is 22.8 Å². The van der Waals surface area contributed by atoms with Crippen molar-refractivity contribution in [3.8, 4) is 0 Å². The Morgan fingerprint density at radius 2 is 2.04 bits per heavy atom. The lowest BCUT2D eigenvalue weighted by Crippen LogP contribution is -2.37. The molecular weight excluding hydrogens is 361 g/mol. The predicted octanol–water partition coefficient (Wildman–Crippen LogP) is 2.28. The summed E-state index contributed by atoms with van der Waals surface area (Å²) in [6.07, 6.45) is -4.43. The van der Waals surface area contributed by atoms with E-state index in [0.29, 0.717) is 0 Å². The van der Waals surface area contributed by atoms with E-state index in [0.717, 1.165) is 11.8 Å². The van der Waals surface area contributed by atoms with Crippen LogP contribution in [0.2, 0.25) is 0 Å². The standard InChI is InChI=1S/C18H19F3N4O2/c1-11-7-15(23-24(11)2)17(27)22-13-8-16(26)25(10-13)9-12-5-3-4-6-14(12)18(19,20)21/h3-7,13H,8-10H2,1-2H3,(H,22,27)/t13-/m0/s1. The molecule has 144 valence electrons. The van der Waals surface area contributed by atoms with E-state index in [4.69, 9.17) is 0 Å². The summed E-state index contributed by atoms with van der Waals surface area (Å²) < 4.78 is 40.9. The van der Waals surface area contributed by atoms with Gasteiger partial charge in [0.1, 0.15) is 5.69 Å². The van der Waals surface area contributed by atoms with Crippen LogP contribution in [0.1, 0.15) is 33.7 Å². The topological polar surface area (TPSA) is 67.2 Å². The zero-order valence-corrected chi connectivity index (χ0v) is 14.9. The Morgan fingerprint density at radius 3 is 2.67 bits per heavy atom. The minimum absolute atomic E-state index is 0.0330. The van der Waals surface area contributed by atoms with E-state index in [1.165, 1.54) is 23.1 Å². The first-order valence-electron chi connectivity index (χ1n) is 8.39. The van der Waals surface area contributed by atoms with E-state index in [1.54, 1.807) is 17.8 Å². The first kappa shape index (κ1) is 18.9. The number of rotatable bonds is 4. The van der Waals surface area contributed by atoms with Gasteiger partial charge in [-0.3, -0.25) is 14.3 Å². The lowest BCUT2D eigenvalue weighted by molar-refractivity contribution is -0.139. The number of aromatic nitrogens is 2. The Morgan fingerprint density at radius 1 is 1.33 bits per heavy atom. The second-order valence-electron chi connectivity index (χ2n) is 6.60. The molecule has 0 unspecified atom stereocenters. The van der Waals surface area contributed by atoms with Crippen LogP contribution in [-0.2, 0) is 24.6 Å². The molecule has 1 aromatic carbocycles. The van der Waals surface area contributed by atoms with Crippen LogP contribution in [0.25, 0.3) is 0 Å². The molecule has 1 aliphatic rings. The van der Waals surface area contributed by atoms with Crippen LogP contribution in [-0.4, -0.2) is 39.1 Å². The average Bonchev–Trinajstić information content (AvgIpc) is 3.09. The number of likely N-dealkylation sites (tertiary alicyclic amines) is 1. The smallest absolute Gasteiger partial charge is 0.346 e. The van der Waals surface area contributed by atoms with E-state index >= 15 is 0 Å². The van der Waals surface area contributed by atoms with Crippen LogP contribution >= 0.6 is 0 Å². The fourth-order valence-electron chi connectivity index (χ4n) is 3.09. The average molecular weight is 380 g/mol. The Bertz CT molecular complexity index is 856. The summed E-state index contributed by atoms with van der Waals surface area (Å²) in [6, 6.07) is 6.34. The number of alkyl halides is 3. The van der Waals surface area contributed by atoms with Crippen molar-refractivity contribution >= 4 is 11.8 Å². The summed E-state index contributed by atoms with van der Waals surface area (Å²) in [4.78, 5) is 25.8. The molecular formula is C18H19F3N4O2. The van der Waals surface area contributed by atoms with Gasteiger partial charge in [-0.25, -0.2) is 0 Å². The fraction of sp³-hybridized carbons (Fsp3) is 0.389. The zero-order chi connectivity index (χ0) is 19.8. The van der Waals surface area contributed by atoms with Crippen molar-refractivity contribution in [2.75, 3.05) is 6.54 Å². The predicted molar refractivity (Wildman–Crippen MR) is 90.7 cm³/mol. The molecule has 2 heterocycles. The van der Waals surface area contributed by atoms with E-state index in [9.17, 15) is 22.8 Å². The van der Waals surface area contributed by atoms with Crippen molar-refractivity contribution in [3.05, 3.63) is 52.8 Å². The Hall–Kier alpha value is -2.84. The van der Waals surface area contributed by atoms with Crippen LogP contribution in [0.4, 0.5) is 13.2 Å². The van der Waals surface area contributed by atoms with Crippen LogP contribution in [0.3, 0.4) is 0 Å². The Kier molecular flexibility index (Phi) is 4.95. The molecule has 2 aromatic rings. The minimum atomic E-state index is -4.48. The van der Waals surface area contributed by atoms with E-state index in [-0.39, 0.29) is 36.7 Å². The van der Waals surface area contributed by atoms with E-state index in [1.807, 2.05) is 6.92 Å². The molecule has 0 spiro atoms. The third kappa shape index (κ3) is 4.12. The number of benzene rings is 1. The van der Waals surface area contributed by atoms with Gasteiger partial charge in [0.25, 0.3) is 5.91 Å². The molecule has 1 atom stereocenters. The van der Waals surface area contributed by atoms with Crippen molar-refractivity contribution in [2.24, 2.45) is 7.05 Å². The molecule has 0 bridgehead atoms. The SMILES string of the molecule is Cc1cc(C(=O)N[C@H]2CC(=O)N(Cc3ccccc3C(F)(F)F)C2)nn1C. The molecule has 3 rings (SSSR count). The number of hydrogen-bond donors (Lipinski definition) is 1. The van der Waals surface area contributed by atoms with Gasteiger partial charge in [-0.2, -0.15) is 18.3 Å². The highest BCUT2D eigenvalue weighted by Crippen LogP contribution is 2.32. The maximum Gasteiger partial charge on any atom is 0.416 e. The number of carbonyl (C=O) groups is 2. The van der Waals surface area contributed by atoms with Crippen LogP contribution in [0.15, 0.2) is 30.3 Å². The lowest BCUT2D eigenvalue weighted by atomic mass is 10.1. The molecule has 6 nitrogen and oxygen atoms in total.